The SMILES string of the molecule is COc1ccc2ncc(F)c([C@H](N)CCC3CCN(CCSc4ccccn4)CC3CC(=O)O)c2c1. The van der Waals surface area contributed by atoms with Gasteiger partial charge in [0.15, 0.2) is 0 Å². The third-order valence-corrected chi connectivity index (χ3v) is 7.92. The number of hydrogen-bond donors (Lipinski definition) is 2. The predicted octanol–water partition coefficient (Wildman–Crippen LogP) is 4.76. The normalized spacial score (nSPS) is 19.3. The third kappa shape index (κ3) is 6.72. The molecule has 0 saturated carbocycles. The van der Waals surface area contributed by atoms with E-state index in [4.69, 9.17) is 10.5 Å². The van der Waals surface area contributed by atoms with Crippen LogP contribution in [0.2, 0.25) is 0 Å². The lowest BCUT2D eigenvalue weighted by molar-refractivity contribution is -0.139. The predicted molar refractivity (Wildman–Crippen MR) is 140 cm³/mol. The van der Waals surface area contributed by atoms with Crippen LogP contribution in [0.3, 0.4) is 0 Å². The van der Waals surface area contributed by atoms with Gasteiger partial charge in [-0.2, -0.15) is 0 Å². The second kappa shape index (κ2) is 12.5. The van der Waals surface area contributed by atoms with Crippen LogP contribution in [-0.4, -0.2) is 58.4 Å². The van der Waals surface area contributed by atoms with Gasteiger partial charge in [-0.05, 0) is 68.0 Å². The van der Waals surface area contributed by atoms with Gasteiger partial charge in [-0.1, -0.05) is 6.07 Å². The summed E-state index contributed by atoms with van der Waals surface area (Å²) in [4.78, 5) is 22.5. The minimum Gasteiger partial charge on any atom is -0.497 e. The molecule has 2 aromatic heterocycles. The first-order valence-electron chi connectivity index (χ1n) is 12.3. The van der Waals surface area contributed by atoms with Crippen molar-refractivity contribution in [1.29, 1.82) is 0 Å². The quantitative estimate of drug-likeness (QED) is 0.355. The number of piperidine rings is 1. The van der Waals surface area contributed by atoms with Crippen LogP contribution in [0.1, 0.15) is 37.3 Å². The minimum atomic E-state index is -0.780. The van der Waals surface area contributed by atoms with Crippen molar-refractivity contribution in [2.24, 2.45) is 17.6 Å². The van der Waals surface area contributed by atoms with Gasteiger partial charge in [0.1, 0.15) is 11.6 Å². The summed E-state index contributed by atoms with van der Waals surface area (Å²) < 4.78 is 20.1. The number of halogens is 1. The Kier molecular flexibility index (Phi) is 9.12. The zero-order valence-electron chi connectivity index (χ0n) is 20.5. The third-order valence-electron chi connectivity index (χ3n) is 6.99. The van der Waals surface area contributed by atoms with Crippen LogP contribution in [-0.2, 0) is 4.79 Å². The van der Waals surface area contributed by atoms with Gasteiger partial charge in [0, 0.05) is 48.5 Å². The molecule has 1 aliphatic heterocycles. The van der Waals surface area contributed by atoms with Gasteiger partial charge >= 0.3 is 5.97 Å². The molecule has 1 aromatic carbocycles. The average Bonchev–Trinajstić information content (AvgIpc) is 2.88. The molecule has 1 fully saturated rings. The summed E-state index contributed by atoms with van der Waals surface area (Å²) in [6, 6.07) is 10.7. The number of hydrogen-bond acceptors (Lipinski definition) is 7. The number of carboxylic acids is 1. The maximum absolute atomic E-state index is 14.8. The Morgan fingerprint density at radius 1 is 1.31 bits per heavy atom. The number of carbonyl (C=O) groups is 1. The molecule has 0 amide bonds. The monoisotopic (exact) mass is 512 g/mol. The number of methoxy groups -OCH3 is 1. The van der Waals surface area contributed by atoms with Crippen LogP contribution in [0.15, 0.2) is 53.8 Å². The molecule has 7 nitrogen and oxygen atoms in total. The van der Waals surface area contributed by atoms with Crippen LogP contribution in [0.4, 0.5) is 4.39 Å². The molecule has 1 aliphatic rings. The first-order valence-corrected chi connectivity index (χ1v) is 13.3. The van der Waals surface area contributed by atoms with Crippen molar-refractivity contribution in [3.05, 3.63) is 60.2 Å². The first kappa shape index (κ1) is 26.3. The van der Waals surface area contributed by atoms with E-state index < -0.39 is 17.8 Å². The van der Waals surface area contributed by atoms with Crippen molar-refractivity contribution < 1.29 is 19.0 Å². The van der Waals surface area contributed by atoms with Crippen LogP contribution < -0.4 is 10.5 Å². The number of nitrogens with two attached hydrogens (primary N) is 1. The number of benzene rings is 1. The molecule has 0 bridgehead atoms. The number of rotatable bonds is 11. The number of carboxylic acid groups (broad SMARTS) is 1. The molecule has 0 spiro atoms. The molecule has 192 valence electrons. The molecule has 2 unspecified atom stereocenters. The van der Waals surface area contributed by atoms with Gasteiger partial charge < -0.3 is 20.5 Å². The fourth-order valence-electron chi connectivity index (χ4n) is 5.12. The van der Waals surface area contributed by atoms with Crippen LogP contribution in [0.5, 0.6) is 5.75 Å². The Hall–Kier alpha value is -2.75. The Morgan fingerprint density at radius 2 is 2.17 bits per heavy atom. The molecule has 1 saturated heterocycles. The molecular formula is C27H33FN4O3S. The Bertz CT molecular complexity index is 1170. The lowest BCUT2D eigenvalue weighted by Crippen LogP contribution is -2.42. The molecule has 0 radical (unpaired) electrons. The largest absolute Gasteiger partial charge is 0.497 e. The molecule has 3 aromatic rings. The Morgan fingerprint density at radius 3 is 2.92 bits per heavy atom. The highest BCUT2D eigenvalue weighted by molar-refractivity contribution is 7.99. The van der Waals surface area contributed by atoms with Gasteiger partial charge in [-0.25, -0.2) is 9.37 Å². The summed E-state index contributed by atoms with van der Waals surface area (Å²) in [7, 11) is 1.57. The number of fused-ring (bicyclic) bond motifs is 1. The summed E-state index contributed by atoms with van der Waals surface area (Å²) in [5.74, 6) is 0.603. The number of aliphatic carboxylic acids is 1. The zero-order chi connectivity index (χ0) is 25.5. The van der Waals surface area contributed by atoms with Crippen molar-refractivity contribution in [2.75, 3.05) is 32.5 Å². The van der Waals surface area contributed by atoms with Crippen molar-refractivity contribution >= 4 is 28.6 Å². The summed E-state index contributed by atoms with van der Waals surface area (Å²) >= 11 is 1.71. The van der Waals surface area contributed by atoms with Crippen LogP contribution >= 0.6 is 11.8 Å². The van der Waals surface area contributed by atoms with E-state index in [1.54, 1.807) is 43.3 Å². The molecular weight excluding hydrogens is 479 g/mol. The minimum absolute atomic E-state index is 0.0439. The Labute approximate surface area is 215 Å². The number of aromatic nitrogens is 2. The topological polar surface area (TPSA) is 102 Å². The highest BCUT2D eigenvalue weighted by Crippen LogP contribution is 2.35. The maximum atomic E-state index is 14.8. The van der Waals surface area contributed by atoms with Crippen molar-refractivity contribution in [1.82, 2.24) is 14.9 Å². The summed E-state index contributed by atoms with van der Waals surface area (Å²) in [5.41, 5.74) is 7.63. The number of pyridine rings is 2. The molecule has 0 aliphatic carbocycles. The second-order valence-electron chi connectivity index (χ2n) is 9.31. The lowest BCUT2D eigenvalue weighted by atomic mass is 9.79. The van der Waals surface area contributed by atoms with E-state index in [0.29, 0.717) is 28.6 Å². The number of nitrogens with zero attached hydrogens (tertiary/aromatic N) is 3. The van der Waals surface area contributed by atoms with Gasteiger partial charge in [0.25, 0.3) is 0 Å². The summed E-state index contributed by atoms with van der Waals surface area (Å²) in [6.07, 6.45) is 5.38. The highest BCUT2D eigenvalue weighted by atomic mass is 32.2. The highest BCUT2D eigenvalue weighted by Gasteiger charge is 2.31. The van der Waals surface area contributed by atoms with Gasteiger partial charge in [-0.3, -0.25) is 9.78 Å². The van der Waals surface area contributed by atoms with E-state index in [9.17, 15) is 14.3 Å². The number of ether oxygens (including phenoxy) is 1. The van der Waals surface area contributed by atoms with E-state index in [2.05, 4.69) is 14.9 Å². The van der Waals surface area contributed by atoms with E-state index in [0.717, 1.165) is 43.3 Å². The smallest absolute Gasteiger partial charge is 0.303 e. The van der Waals surface area contributed by atoms with Gasteiger partial charge in [-0.15, -0.1) is 11.8 Å². The molecule has 4 rings (SSSR count). The second-order valence-corrected chi connectivity index (χ2v) is 10.4. The van der Waals surface area contributed by atoms with Crippen molar-refractivity contribution in [3.63, 3.8) is 0 Å². The van der Waals surface area contributed by atoms with Crippen molar-refractivity contribution in [2.45, 2.75) is 36.8 Å². The van der Waals surface area contributed by atoms with Crippen LogP contribution in [0, 0.1) is 17.7 Å². The Balaban J connectivity index is 1.38. The fourth-order valence-corrected chi connectivity index (χ4v) is 5.98. The van der Waals surface area contributed by atoms with E-state index in [-0.39, 0.29) is 18.3 Å². The van der Waals surface area contributed by atoms with Gasteiger partial charge in [0.05, 0.1) is 23.8 Å². The first-order chi connectivity index (χ1) is 17.4. The standard InChI is InChI=1S/C27H33FN4O3S/c1-35-20-6-8-24-21(15-20)27(22(28)16-31-24)23(29)7-5-18-9-11-32(17-19(18)14-26(33)34)12-13-36-25-4-2-3-10-30-25/h2-4,6,8,10,15-16,18-19,23H,5,7,9,11-14,17,29H2,1H3,(H,33,34)/t18?,19?,23-/m1/s1. The zero-order valence-corrected chi connectivity index (χ0v) is 21.3. The van der Waals surface area contributed by atoms with E-state index >= 15 is 0 Å². The number of likely N-dealkylation sites (tertiary alicyclic amines) is 1. The van der Waals surface area contributed by atoms with E-state index in [1.165, 1.54) is 6.20 Å². The lowest BCUT2D eigenvalue weighted by Gasteiger charge is -2.38. The maximum Gasteiger partial charge on any atom is 0.303 e. The fraction of sp³-hybridized carbons (Fsp3) is 0.444. The molecule has 36 heavy (non-hydrogen) atoms. The van der Waals surface area contributed by atoms with Gasteiger partial charge in [0.2, 0.25) is 0 Å². The molecule has 9 heteroatoms. The average molecular weight is 513 g/mol. The summed E-state index contributed by atoms with van der Waals surface area (Å²) in [6.45, 7) is 2.56. The summed E-state index contributed by atoms with van der Waals surface area (Å²) in [5, 5.41) is 11.2. The van der Waals surface area contributed by atoms with Crippen molar-refractivity contribution in [3.8, 4) is 5.75 Å². The van der Waals surface area contributed by atoms with Crippen LogP contribution in [0.25, 0.3) is 10.9 Å². The molecule has 3 N–H and O–H groups in total. The van der Waals surface area contributed by atoms with E-state index in [1.807, 2.05) is 18.2 Å². The number of thioether (sulfide) groups is 1. The molecule has 3 atom stereocenters. The molecule has 3 heterocycles.